The molecule has 2 aromatic carbocycles. The maximum absolute atomic E-state index is 13.9. The summed E-state index contributed by atoms with van der Waals surface area (Å²) in [4.78, 5) is 0. The third-order valence-corrected chi connectivity index (χ3v) is 5.44. The van der Waals surface area contributed by atoms with E-state index in [4.69, 9.17) is 0 Å². The van der Waals surface area contributed by atoms with Gasteiger partial charge in [0.25, 0.3) is 0 Å². The molecule has 0 spiro atoms. The molecule has 0 N–H and O–H groups in total. The highest BCUT2D eigenvalue weighted by molar-refractivity contribution is 5.64. The number of hydrogen-bond donors (Lipinski definition) is 0. The number of hydrogen-bond acceptors (Lipinski definition) is 1. The predicted molar refractivity (Wildman–Crippen MR) is 103 cm³/mol. The minimum Gasteiger partial charge on any atom is -0.432 e. The molecule has 0 atom stereocenters. The van der Waals surface area contributed by atoms with Gasteiger partial charge >= 0.3 is 6.61 Å². The van der Waals surface area contributed by atoms with Crippen LogP contribution in [0.3, 0.4) is 0 Å². The Balaban J connectivity index is 1.61. The standard InChI is InChI=1S/C23H24F4O/c24-14-2-1-3-16-4-6-17(7-5-16)18-8-10-19(11-9-18)20-12-13-22(21(25)15-20)28-23(26)27/h1-2,8-13,15-17,23H,3-7,14H2/b2-1+. The van der Waals surface area contributed by atoms with Gasteiger partial charge in [0.2, 0.25) is 0 Å². The number of alkyl halides is 3. The molecule has 1 fully saturated rings. The molecule has 150 valence electrons. The second-order valence-electron chi connectivity index (χ2n) is 7.22. The molecule has 1 saturated carbocycles. The van der Waals surface area contributed by atoms with Gasteiger partial charge in [-0.2, -0.15) is 8.78 Å². The largest absolute Gasteiger partial charge is 0.432 e. The molecule has 1 aliphatic rings. The summed E-state index contributed by atoms with van der Waals surface area (Å²) in [5.74, 6) is -0.111. The number of ether oxygens (including phenoxy) is 1. The van der Waals surface area contributed by atoms with E-state index in [9.17, 15) is 17.6 Å². The van der Waals surface area contributed by atoms with Crippen LogP contribution in [0.1, 0.15) is 43.6 Å². The molecule has 2 aromatic rings. The minimum atomic E-state index is -3.05. The van der Waals surface area contributed by atoms with Gasteiger partial charge in [0, 0.05) is 0 Å². The Bertz CT molecular complexity index is 778. The van der Waals surface area contributed by atoms with Gasteiger partial charge in [0.05, 0.1) is 0 Å². The summed E-state index contributed by atoms with van der Waals surface area (Å²) in [5, 5.41) is 0. The van der Waals surface area contributed by atoms with Crippen molar-refractivity contribution in [1.82, 2.24) is 0 Å². The van der Waals surface area contributed by atoms with Gasteiger partial charge in [0.1, 0.15) is 6.67 Å². The summed E-state index contributed by atoms with van der Waals surface area (Å²) in [6.07, 6.45) is 8.98. The van der Waals surface area contributed by atoms with E-state index < -0.39 is 24.9 Å². The number of benzene rings is 2. The fourth-order valence-corrected chi connectivity index (χ4v) is 3.90. The van der Waals surface area contributed by atoms with Crippen molar-refractivity contribution in [2.45, 2.75) is 44.6 Å². The zero-order valence-electron chi connectivity index (χ0n) is 15.6. The number of allylic oxidation sites excluding steroid dienone is 2. The Morgan fingerprint density at radius 2 is 1.61 bits per heavy atom. The maximum Gasteiger partial charge on any atom is 0.387 e. The van der Waals surface area contributed by atoms with Crippen molar-refractivity contribution in [1.29, 1.82) is 0 Å². The van der Waals surface area contributed by atoms with Gasteiger partial charge < -0.3 is 4.74 Å². The quantitative estimate of drug-likeness (QED) is 0.355. The molecule has 0 heterocycles. The minimum absolute atomic E-state index is 0.395. The number of halogens is 4. The van der Waals surface area contributed by atoms with Crippen LogP contribution in [0, 0.1) is 11.7 Å². The Hall–Kier alpha value is -2.30. The third kappa shape index (κ3) is 5.37. The van der Waals surface area contributed by atoms with Crippen molar-refractivity contribution in [2.24, 2.45) is 5.92 Å². The molecule has 1 aliphatic carbocycles. The van der Waals surface area contributed by atoms with Crippen LogP contribution in [-0.2, 0) is 0 Å². The Morgan fingerprint density at radius 3 is 2.21 bits per heavy atom. The van der Waals surface area contributed by atoms with Crippen LogP contribution in [0.25, 0.3) is 11.1 Å². The lowest BCUT2D eigenvalue weighted by Gasteiger charge is -2.28. The van der Waals surface area contributed by atoms with Crippen LogP contribution in [0.15, 0.2) is 54.6 Å². The van der Waals surface area contributed by atoms with Gasteiger partial charge in [-0.25, -0.2) is 8.78 Å². The Morgan fingerprint density at radius 1 is 0.929 bits per heavy atom. The van der Waals surface area contributed by atoms with Crippen molar-refractivity contribution in [3.63, 3.8) is 0 Å². The van der Waals surface area contributed by atoms with E-state index in [2.05, 4.69) is 16.9 Å². The maximum atomic E-state index is 13.9. The fraction of sp³-hybridized carbons (Fsp3) is 0.391. The zero-order valence-corrected chi connectivity index (χ0v) is 15.6. The molecular formula is C23H24F4O. The highest BCUT2D eigenvalue weighted by Gasteiger charge is 2.21. The van der Waals surface area contributed by atoms with E-state index in [0.29, 0.717) is 17.4 Å². The van der Waals surface area contributed by atoms with Crippen molar-refractivity contribution in [3.8, 4) is 16.9 Å². The molecule has 0 radical (unpaired) electrons. The van der Waals surface area contributed by atoms with Crippen LogP contribution in [-0.4, -0.2) is 13.3 Å². The molecule has 28 heavy (non-hydrogen) atoms. The lowest BCUT2D eigenvalue weighted by molar-refractivity contribution is -0.0521. The lowest BCUT2D eigenvalue weighted by atomic mass is 9.77. The summed E-state index contributed by atoms with van der Waals surface area (Å²) in [6.45, 7) is -3.44. The molecular weight excluding hydrogens is 368 g/mol. The van der Waals surface area contributed by atoms with Crippen LogP contribution in [0.2, 0.25) is 0 Å². The summed E-state index contributed by atoms with van der Waals surface area (Å²) >= 11 is 0. The molecule has 3 rings (SSSR count). The summed E-state index contributed by atoms with van der Waals surface area (Å²) in [7, 11) is 0. The average Bonchev–Trinajstić information content (AvgIpc) is 2.70. The first-order valence-electron chi connectivity index (χ1n) is 9.62. The zero-order chi connectivity index (χ0) is 19.9. The average molecular weight is 392 g/mol. The summed E-state index contributed by atoms with van der Waals surface area (Å²) in [5.41, 5.74) is 2.71. The molecule has 0 unspecified atom stereocenters. The van der Waals surface area contributed by atoms with Gasteiger partial charge in [-0.05, 0) is 72.8 Å². The van der Waals surface area contributed by atoms with Crippen LogP contribution in [0.4, 0.5) is 17.6 Å². The lowest BCUT2D eigenvalue weighted by Crippen LogP contribution is -2.12. The fourth-order valence-electron chi connectivity index (χ4n) is 3.90. The topological polar surface area (TPSA) is 9.23 Å². The predicted octanol–water partition coefficient (Wildman–Crippen LogP) is 7.28. The Kier molecular flexibility index (Phi) is 7.12. The second-order valence-corrected chi connectivity index (χ2v) is 7.22. The molecule has 5 heteroatoms. The molecule has 0 aromatic heterocycles. The smallest absolute Gasteiger partial charge is 0.387 e. The highest BCUT2D eigenvalue weighted by Crippen LogP contribution is 2.38. The van der Waals surface area contributed by atoms with Gasteiger partial charge in [-0.3, -0.25) is 0 Å². The van der Waals surface area contributed by atoms with Crippen LogP contribution >= 0.6 is 0 Å². The Labute approximate surface area is 163 Å². The van der Waals surface area contributed by atoms with Crippen LogP contribution in [0.5, 0.6) is 5.75 Å². The first kappa shape index (κ1) is 20.4. The molecule has 0 amide bonds. The van der Waals surface area contributed by atoms with E-state index in [1.165, 1.54) is 17.7 Å². The molecule has 0 saturated heterocycles. The van der Waals surface area contributed by atoms with Gasteiger partial charge in [0.15, 0.2) is 11.6 Å². The summed E-state index contributed by atoms with van der Waals surface area (Å²) in [6, 6.07) is 12.0. The SMILES string of the molecule is FC/C=C/CC1CCC(c2ccc(-c3ccc(OC(F)F)c(F)c3)cc2)CC1. The van der Waals surface area contributed by atoms with Crippen molar-refractivity contribution >= 4 is 0 Å². The van der Waals surface area contributed by atoms with Crippen molar-refractivity contribution in [2.75, 3.05) is 6.67 Å². The molecule has 0 bridgehead atoms. The summed E-state index contributed by atoms with van der Waals surface area (Å²) < 4.78 is 54.7. The first-order chi connectivity index (χ1) is 13.6. The highest BCUT2D eigenvalue weighted by atomic mass is 19.3. The van der Waals surface area contributed by atoms with E-state index in [-0.39, 0.29) is 0 Å². The van der Waals surface area contributed by atoms with E-state index in [1.807, 2.05) is 18.2 Å². The van der Waals surface area contributed by atoms with Crippen molar-refractivity contribution < 1.29 is 22.3 Å². The first-order valence-corrected chi connectivity index (χ1v) is 9.62. The monoisotopic (exact) mass is 392 g/mol. The number of rotatable bonds is 7. The molecule has 1 nitrogen and oxygen atoms in total. The molecule has 0 aliphatic heterocycles. The van der Waals surface area contributed by atoms with Crippen LogP contribution < -0.4 is 4.74 Å². The second kappa shape index (κ2) is 9.76. The normalized spacial score (nSPS) is 20.0. The van der Waals surface area contributed by atoms with Gasteiger partial charge in [-0.1, -0.05) is 42.5 Å². The van der Waals surface area contributed by atoms with E-state index in [1.54, 1.807) is 12.1 Å². The van der Waals surface area contributed by atoms with E-state index >= 15 is 0 Å². The van der Waals surface area contributed by atoms with Crippen molar-refractivity contribution in [3.05, 3.63) is 66.0 Å². The third-order valence-electron chi connectivity index (χ3n) is 5.44. The van der Waals surface area contributed by atoms with Gasteiger partial charge in [-0.15, -0.1) is 0 Å². The van der Waals surface area contributed by atoms with E-state index in [0.717, 1.165) is 37.7 Å².